The molecule has 1 aliphatic rings. The van der Waals surface area contributed by atoms with Crippen molar-refractivity contribution in [2.24, 2.45) is 7.05 Å². The summed E-state index contributed by atoms with van der Waals surface area (Å²) in [4.78, 5) is 16.3. The molecule has 3 aromatic heterocycles. The lowest BCUT2D eigenvalue weighted by atomic mass is 9.94. The van der Waals surface area contributed by atoms with Crippen LogP contribution in [0.3, 0.4) is 0 Å². The van der Waals surface area contributed by atoms with E-state index in [1.165, 1.54) is 18.4 Å². The molecule has 28 heavy (non-hydrogen) atoms. The van der Waals surface area contributed by atoms with E-state index in [-0.39, 0.29) is 0 Å². The molecule has 0 saturated carbocycles. The van der Waals surface area contributed by atoms with Gasteiger partial charge in [-0.15, -0.1) is 0 Å². The Morgan fingerprint density at radius 1 is 1.14 bits per heavy atom. The molecule has 1 unspecified atom stereocenters. The minimum atomic E-state index is 0.437. The van der Waals surface area contributed by atoms with E-state index in [4.69, 9.17) is 4.98 Å². The largest absolute Gasteiger partial charge is 0.309 e. The zero-order valence-corrected chi connectivity index (χ0v) is 16.8. The summed E-state index contributed by atoms with van der Waals surface area (Å²) in [6.07, 6.45) is 6.40. The highest BCUT2D eigenvalue weighted by Crippen LogP contribution is 2.27. The quantitative estimate of drug-likeness (QED) is 0.735. The molecule has 4 heterocycles. The summed E-state index contributed by atoms with van der Waals surface area (Å²) in [5, 5.41) is 7.54. The molecule has 0 bridgehead atoms. The van der Waals surface area contributed by atoms with E-state index in [1.807, 2.05) is 43.9 Å². The molecule has 7 nitrogen and oxygen atoms in total. The van der Waals surface area contributed by atoms with Gasteiger partial charge in [0.05, 0.1) is 6.20 Å². The molecule has 1 saturated heterocycles. The maximum Gasteiger partial charge on any atom is 0.228 e. The van der Waals surface area contributed by atoms with Crippen molar-refractivity contribution < 1.29 is 0 Å². The zero-order chi connectivity index (χ0) is 19.5. The first-order valence-electron chi connectivity index (χ1n) is 9.81. The highest BCUT2D eigenvalue weighted by atomic mass is 15.2. The molecule has 4 rings (SSSR count). The Hall–Kier alpha value is -2.80. The molecule has 0 aromatic carbocycles. The van der Waals surface area contributed by atoms with Crippen molar-refractivity contribution in [3.8, 4) is 0 Å². The number of anilines is 2. The van der Waals surface area contributed by atoms with Crippen LogP contribution in [-0.2, 0) is 13.6 Å². The molecule has 0 radical (unpaired) electrons. The second kappa shape index (κ2) is 8.06. The van der Waals surface area contributed by atoms with Crippen molar-refractivity contribution >= 4 is 11.8 Å². The van der Waals surface area contributed by atoms with Gasteiger partial charge in [0, 0.05) is 54.9 Å². The summed E-state index contributed by atoms with van der Waals surface area (Å²) in [5.41, 5.74) is 4.29. The molecule has 1 atom stereocenters. The van der Waals surface area contributed by atoms with Gasteiger partial charge in [-0.2, -0.15) is 5.10 Å². The summed E-state index contributed by atoms with van der Waals surface area (Å²) < 4.78 is 1.86. The van der Waals surface area contributed by atoms with E-state index in [2.05, 4.69) is 43.6 Å². The highest BCUT2D eigenvalue weighted by molar-refractivity contribution is 5.48. The van der Waals surface area contributed by atoms with Crippen molar-refractivity contribution in [3.05, 3.63) is 59.3 Å². The maximum atomic E-state index is 4.86. The third-order valence-electron chi connectivity index (χ3n) is 5.08. The normalized spacial score (nSPS) is 17.6. The first-order chi connectivity index (χ1) is 13.5. The van der Waals surface area contributed by atoms with E-state index in [1.54, 1.807) is 0 Å². The van der Waals surface area contributed by atoms with Gasteiger partial charge < -0.3 is 5.32 Å². The van der Waals surface area contributed by atoms with Crippen LogP contribution in [-0.4, -0.2) is 42.7 Å². The third kappa shape index (κ3) is 4.54. The summed E-state index contributed by atoms with van der Waals surface area (Å²) in [6, 6.07) is 8.13. The van der Waals surface area contributed by atoms with Crippen LogP contribution in [0.25, 0.3) is 0 Å². The summed E-state index contributed by atoms with van der Waals surface area (Å²) in [7, 11) is 1.96. The van der Waals surface area contributed by atoms with E-state index < -0.39 is 0 Å². The van der Waals surface area contributed by atoms with Gasteiger partial charge in [-0.25, -0.2) is 15.0 Å². The van der Waals surface area contributed by atoms with Crippen LogP contribution in [0.2, 0.25) is 0 Å². The number of hydrogen-bond acceptors (Lipinski definition) is 6. The average molecular weight is 377 g/mol. The fourth-order valence-electron chi connectivity index (χ4n) is 3.90. The van der Waals surface area contributed by atoms with Gasteiger partial charge in [0.2, 0.25) is 5.95 Å². The number of hydrogen-bond donors (Lipinski definition) is 1. The lowest BCUT2D eigenvalue weighted by Crippen LogP contribution is -2.34. The van der Waals surface area contributed by atoms with Crippen molar-refractivity contribution in [3.63, 3.8) is 0 Å². The van der Waals surface area contributed by atoms with Crippen LogP contribution in [0, 0.1) is 13.8 Å². The van der Waals surface area contributed by atoms with Crippen molar-refractivity contribution in [2.75, 3.05) is 18.4 Å². The lowest BCUT2D eigenvalue weighted by Gasteiger charge is -2.32. The van der Waals surface area contributed by atoms with Gasteiger partial charge in [0.25, 0.3) is 0 Å². The SMILES string of the molecule is Cc1cc(C)nc(Nc2cccc(C3CCCN(Cc4cnn(C)c4)C3)n2)n1. The average Bonchev–Trinajstić information content (AvgIpc) is 3.06. The fraction of sp³-hybridized carbons (Fsp3) is 0.429. The Morgan fingerprint density at radius 2 is 1.96 bits per heavy atom. The van der Waals surface area contributed by atoms with Gasteiger partial charge in [0.15, 0.2) is 0 Å². The molecular weight excluding hydrogens is 350 g/mol. The first-order valence-corrected chi connectivity index (χ1v) is 9.81. The molecule has 7 heteroatoms. The van der Waals surface area contributed by atoms with Gasteiger partial charge in [-0.1, -0.05) is 6.07 Å². The Morgan fingerprint density at radius 3 is 2.71 bits per heavy atom. The van der Waals surface area contributed by atoms with Crippen LogP contribution < -0.4 is 5.32 Å². The van der Waals surface area contributed by atoms with Crippen molar-refractivity contribution in [1.29, 1.82) is 0 Å². The van der Waals surface area contributed by atoms with Crippen LogP contribution >= 0.6 is 0 Å². The number of aryl methyl sites for hydroxylation is 3. The fourth-order valence-corrected chi connectivity index (χ4v) is 3.90. The monoisotopic (exact) mass is 377 g/mol. The first kappa shape index (κ1) is 18.6. The standard InChI is InChI=1S/C21H27N7/c1-15-10-16(2)24-21(23-15)26-20-8-4-7-19(25-20)18-6-5-9-28(14-18)13-17-11-22-27(3)12-17/h4,7-8,10-12,18H,5-6,9,13-14H2,1-3H3,(H,23,24,25,26). The van der Waals surface area contributed by atoms with Gasteiger partial charge >= 0.3 is 0 Å². The number of likely N-dealkylation sites (tertiary alicyclic amines) is 1. The predicted molar refractivity (Wildman–Crippen MR) is 109 cm³/mol. The zero-order valence-electron chi connectivity index (χ0n) is 16.8. The van der Waals surface area contributed by atoms with Crippen LogP contribution in [0.1, 0.15) is 41.4 Å². The maximum absolute atomic E-state index is 4.86. The Bertz CT molecular complexity index is 929. The van der Waals surface area contributed by atoms with Crippen LogP contribution in [0.5, 0.6) is 0 Å². The van der Waals surface area contributed by atoms with E-state index >= 15 is 0 Å². The molecule has 1 aliphatic heterocycles. The molecule has 1 fully saturated rings. The molecular formula is C21H27N7. The van der Waals surface area contributed by atoms with Crippen LogP contribution in [0.15, 0.2) is 36.7 Å². The van der Waals surface area contributed by atoms with Gasteiger partial charge in [-0.05, 0) is 51.4 Å². The Balaban J connectivity index is 1.45. The van der Waals surface area contributed by atoms with E-state index in [9.17, 15) is 0 Å². The molecule has 0 amide bonds. The van der Waals surface area contributed by atoms with Crippen molar-refractivity contribution in [2.45, 2.75) is 39.2 Å². The summed E-state index contributed by atoms with van der Waals surface area (Å²) in [6.45, 7) is 7.04. The summed E-state index contributed by atoms with van der Waals surface area (Å²) in [5.74, 6) is 1.84. The number of nitrogens with zero attached hydrogens (tertiary/aromatic N) is 6. The molecule has 1 N–H and O–H groups in total. The number of pyridine rings is 1. The molecule has 0 aliphatic carbocycles. The minimum Gasteiger partial charge on any atom is -0.309 e. The van der Waals surface area contributed by atoms with Crippen molar-refractivity contribution in [1.82, 2.24) is 29.6 Å². The second-order valence-corrected chi connectivity index (χ2v) is 7.64. The molecule has 146 valence electrons. The van der Waals surface area contributed by atoms with E-state index in [0.717, 1.165) is 42.5 Å². The summed E-state index contributed by atoms with van der Waals surface area (Å²) >= 11 is 0. The topological polar surface area (TPSA) is 71.8 Å². The van der Waals surface area contributed by atoms with Crippen LogP contribution in [0.4, 0.5) is 11.8 Å². The number of aromatic nitrogens is 5. The highest BCUT2D eigenvalue weighted by Gasteiger charge is 2.23. The van der Waals surface area contributed by atoms with Gasteiger partial charge in [-0.3, -0.25) is 9.58 Å². The minimum absolute atomic E-state index is 0.437. The third-order valence-corrected chi connectivity index (χ3v) is 5.08. The molecule has 3 aromatic rings. The predicted octanol–water partition coefficient (Wildman–Crippen LogP) is 3.35. The lowest BCUT2D eigenvalue weighted by molar-refractivity contribution is 0.198. The Kier molecular flexibility index (Phi) is 5.34. The number of piperidine rings is 1. The molecule has 0 spiro atoms. The Labute approximate surface area is 165 Å². The smallest absolute Gasteiger partial charge is 0.228 e. The van der Waals surface area contributed by atoms with E-state index in [0.29, 0.717) is 11.9 Å². The number of rotatable bonds is 5. The number of nitrogens with one attached hydrogen (secondary N) is 1. The van der Waals surface area contributed by atoms with Gasteiger partial charge in [0.1, 0.15) is 5.82 Å². The second-order valence-electron chi connectivity index (χ2n) is 7.64.